The highest BCUT2D eigenvalue weighted by molar-refractivity contribution is 5.76. The summed E-state index contributed by atoms with van der Waals surface area (Å²) in [6.45, 7) is 0.985. The summed E-state index contributed by atoms with van der Waals surface area (Å²) in [5.41, 5.74) is 0.00390. The number of rotatable bonds is 5. The molecular weight excluding hydrogens is 310 g/mol. The summed E-state index contributed by atoms with van der Waals surface area (Å²) in [6.07, 6.45) is 1.98. The summed E-state index contributed by atoms with van der Waals surface area (Å²) in [6, 6.07) is 7.73. The molecule has 2 N–H and O–H groups in total. The van der Waals surface area contributed by atoms with Gasteiger partial charge in [0, 0.05) is 32.4 Å². The summed E-state index contributed by atoms with van der Waals surface area (Å²) >= 11 is 0. The Labute approximate surface area is 139 Å². The lowest BCUT2D eigenvalue weighted by atomic mass is 9.90. The van der Waals surface area contributed by atoms with Crippen molar-refractivity contribution < 1.29 is 14.6 Å². The summed E-state index contributed by atoms with van der Waals surface area (Å²) < 4.78 is 5.12. The number of aryl methyl sites for hydroxylation is 1. The third-order valence-corrected chi connectivity index (χ3v) is 4.49. The Morgan fingerprint density at radius 1 is 1.33 bits per heavy atom. The van der Waals surface area contributed by atoms with Crippen LogP contribution in [0, 0.1) is 0 Å². The Hall–Kier alpha value is -2.48. The van der Waals surface area contributed by atoms with Crippen molar-refractivity contribution in [2.24, 2.45) is 0 Å². The third kappa shape index (κ3) is 3.53. The lowest BCUT2D eigenvalue weighted by molar-refractivity contribution is -0.136. The molecule has 8 nitrogen and oxygen atoms in total. The Kier molecular flexibility index (Phi) is 4.75. The van der Waals surface area contributed by atoms with Crippen LogP contribution in [0.5, 0.6) is 5.75 Å². The maximum absolute atomic E-state index is 12.4. The van der Waals surface area contributed by atoms with E-state index in [0.29, 0.717) is 44.6 Å². The largest absolute Gasteiger partial charge is 0.497 e. The molecule has 128 valence electrons. The van der Waals surface area contributed by atoms with Crippen LogP contribution in [-0.4, -0.2) is 56.7 Å². The van der Waals surface area contributed by atoms with E-state index in [0.717, 1.165) is 11.3 Å². The van der Waals surface area contributed by atoms with E-state index in [1.165, 1.54) is 0 Å². The molecule has 2 heterocycles. The zero-order chi connectivity index (χ0) is 17.0. The first-order valence-electron chi connectivity index (χ1n) is 7.98. The molecule has 0 spiro atoms. The number of amides is 1. The predicted molar refractivity (Wildman–Crippen MR) is 85.2 cm³/mol. The van der Waals surface area contributed by atoms with Crippen LogP contribution in [0.1, 0.15) is 30.7 Å². The number of aliphatic hydroxyl groups is 1. The van der Waals surface area contributed by atoms with Crippen LogP contribution in [-0.2, 0) is 16.8 Å². The van der Waals surface area contributed by atoms with Crippen molar-refractivity contribution in [2.75, 3.05) is 20.2 Å². The zero-order valence-corrected chi connectivity index (χ0v) is 13.6. The molecule has 0 radical (unpaired) electrons. The van der Waals surface area contributed by atoms with Gasteiger partial charge >= 0.3 is 0 Å². The Morgan fingerprint density at radius 2 is 2.04 bits per heavy atom. The number of nitrogens with zero attached hydrogens (tertiary/aromatic N) is 4. The number of carbonyl (C=O) groups is 1. The average molecular weight is 331 g/mol. The number of carbonyl (C=O) groups excluding carboxylic acids is 1. The summed E-state index contributed by atoms with van der Waals surface area (Å²) in [5, 5.41) is 24.1. The summed E-state index contributed by atoms with van der Waals surface area (Å²) in [5.74, 6) is 1.20. The second kappa shape index (κ2) is 6.96. The number of nitrogens with one attached hydrogen (secondary N) is 1. The van der Waals surface area contributed by atoms with Gasteiger partial charge < -0.3 is 14.7 Å². The van der Waals surface area contributed by atoms with Gasteiger partial charge in [0.15, 0.2) is 0 Å². The first kappa shape index (κ1) is 16.4. The number of ether oxygens (including phenoxy) is 1. The van der Waals surface area contributed by atoms with Crippen LogP contribution in [0.4, 0.5) is 0 Å². The number of methoxy groups -OCH3 is 1. The molecule has 0 bridgehead atoms. The van der Waals surface area contributed by atoms with Crippen molar-refractivity contribution in [3.63, 3.8) is 0 Å². The van der Waals surface area contributed by atoms with Crippen molar-refractivity contribution in [2.45, 2.75) is 31.3 Å². The number of H-pyrrole nitrogens is 1. The van der Waals surface area contributed by atoms with Gasteiger partial charge in [-0.25, -0.2) is 0 Å². The fourth-order valence-electron chi connectivity index (χ4n) is 2.91. The maximum atomic E-state index is 12.4. The monoisotopic (exact) mass is 331 g/mol. The number of hydrogen-bond donors (Lipinski definition) is 2. The van der Waals surface area contributed by atoms with Crippen LogP contribution in [0.25, 0.3) is 0 Å². The number of likely N-dealkylation sites (tertiary alicyclic amines) is 1. The van der Waals surface area contributed by atoms with Crippen LogP contribution in [0.15, 0.2) is 24.3 Å². The second-order valence-corrected chi connectivity index (χ2v) is 6.00. The molecule has 24 heavy (non-hydrogen) atoms. The van der Waals surface area contributed by atoms with Gasteiger partial charge in [-0.1, -0.05) is 17.3 Å². The molecule has 1 amide bonds. The molecule has 2 aromatic rings. The topological polar surface area (TPSA) is 104 Å². The molecular formula is C16H21N5O3. The molecule has 1 fully saturated rings. The summed E-state index contributed by atoms with van der Waals surface area (Å²) in [4.78, 5) is 14.2. The van der Waals surface area contributed by atoms with E-state index < -0.39 is 5.60 Å². The Bertz CT molecular complexity index is 664. The van der Waals surface area contributed by atoms with E-state index in [-0.39, 0.29) is 5.91 Å². The SMILES string of the molecule is COc1ccc(CCC(=O)N2CCC(O)(c3nn[nH]n3)CC2)cc1. The first-order valence-corrected chi connectivity index (χ1v) is 7.98. The maximum Gasteiger partial charge on any atom is 0.222 e. The van der Waals surface area contributed by atoms with E-state index in [1.807, 2.05) is 24.3 Å². The molecule has 1 saturated heterocycles. The van der Waals surface area contributed by atoms with Crippen LogP contribution < -0.4 is 4.74 Å². The quantitative estimate of drug-likeness (QED) is 0.834. The van der Waals surface area contributed by atoms with Gasteiger partial charge in [0.1, 0.15) is 11.4 Å². The van der Waals surface area contributed by atoms with Crippen molar-refractivity contribution in [1.82, 2.24) is 25.5 Å². The van der Waals surface area contributed by atoms with Crippen LogP contribution >= 0.6 is 0 Å². The molecule has 3 rings (SSSR count). The molecule has 1 aromatic heterocycles. The van der Waals surface area contributed by atoms with Gasteiger partial charge in [0.05, 0.1) is 7.11 Å². The van der Waals surface area contributed by atoms with E-state index in [1.54, 1.807) is 12.0 Å². The number of piperidine rings is 1. The summed E-state index contributed by atoms with van der Waals surface area (Å²) in [7, 11) is 1.63. The molecule has 0 unspecified atom stereocenters. The van der Waals surface area contributed by atoms with Gasteiger partial charge in [-0.3, -0.25) is 4.79 Å². The highest BCUT2D eigenvalue weighted by atomic mass is 16.5. The number of tetrazole rings is 1. The highest BCUT2D eigenvalue weighted by Crippen LogP contribution is 2.30. The van der Waals surface area contributed by atoms with Gasteiger partial charge in [-0.15, -0.1) is 10.2 Å². The molecule has 1 aliphatic rings. The smallest absolute Gasteiger partial charge is 0.222 e. The number of hydrogen-bond acceptors (Lipinski definition) is 6. The molecule has 8 heteroatoms. The lowest BCUT2D eigenvalue weighted by Gasteiger charge is -2.36. The van der Waals surface area contributed by atoms with Gasteiger partial charge in [-0.2, -0.15) is 5.21 Å². The number of aromatic nitrogens is 4. The van der Waals surface area contributed by atoms with Crippen molar-refractivity contribution in [1.29, 1.82) is 0 Å². The molecule has 0 saturated carbocycles. The average Bonchev–Trinajstić information content (AvgIpc) is 3.16. The predicted octanol–water partition coefficient (Wildman–Crippen LogP) is 0.651. The lowest BCUT2D eigenvalue weighted by Crippen LogP contribution is -2.45. The van der Waals surface area contributed by atoms with Crippen LogP contribution in [0.2, 0.25) is 0 Å². The van der Waals surface area contributed by atoms with E-state index in [2.05, 4.69) is 20.6 Å². The zero-order valence-electron chi connectivity index (χ0n) is 13.6. The fourth-order valence-corrected chi connectivity index (χ4v) is 2.91. The minimum Gasteiger partial charge on any atom is -0.497 e. The highest BCUT2D eigenvalue weighted by Gasteiger charge is 2.38. The standard InChI is InChI=1S/C16H21N5O3/c1-24-13-5-2-12(3-6-13)4-7-14(22)21-10-8-16(23,9-11-21)15-17-19-20-18-15/h2-3,5-6,23H,4,7-11H2,1H3,(H,17,18,19,20). The number of benzene rings is 1. The van der Waals surface area contributed by atoms with Crippen molar-refractivity contribution in [3.8, 4) is 5.75 Å². The van der Waals surface area contributed by atoms with Gasteiger partial charge in [0.2, 0.25) is 11.7 Å². The molecule has 1 aliphatic heterocycles. The molecule has 1 aromatic carbocycles. The minimum atomic E-state index is -1.10. The van der Waals surface area contributed by atoms with E-state index >= 15 is 0 Å². The van der Waals surface area contributed by atoms with E-state index in [9.17, 15) is 9.90 Å². The second-order valence-electron chi connectivity index (χ2n) is 6.00. The van der Waals surface area contributed by atoms with Gasteiger partial charge in [-0.05, 0) is 24.1 Å². The fraction of sp³-hybridized carbons (Fsp3) is 0.500. The first-order chi connectivity index (χ1) is 11.6. The minimum absolute atomic E-state index is 0.0981. The van der Waals surface area contributed by atoms with Crippen molar-refractivity contribution in [3.05, 3.63) is 35.7 Å². The van der Waals surface area contributed by atoms with Crippen molar-refractivity contribution >= 4 is 5.91 Å². The van der Waals surface area contributed by atoms with E-state index in [4.69, 9.17) is 4.74 Å². The Morgan fingerprint density at radius 3 is 2.62 bits per heavy atom. The Balaban J connectivity index is 1.50. The normalized spacial score (nSPS) is 16.8. The molecule has 0 atom stereocenters. The van der Waals surface area contributed by atoms with Gasteiger partial charge in [0.25, 0.3) is 0 Å². The molecule has 0 aliphatic carbocycles. The van der Waals surface area contributed by atoms with Crippen LogP contribution in [0.3, 0.4) is 0 Å². The number of aromatic amines is 1. The third-order valence-electron chi connectivity index (χ3n) is 4.49.